The Morgan fingerprint density at radius 2 is 1.17 bits per heavy atom. The second-order valence-corrected chi connectivity index (χ2v) is 9.96. The number of hydrogen-bond donors (Lipinski definition) is 0. The Kier molecular flexibility index (Phi) is 9.82. The van der Waals surface area contributed by atoms with Crippen LogP contribution >= 0.6 is 0 Å². The van der Waals surface area contributed by atoms with Crippen molar-refractivity contribution in [3.8, 4) is 22.9 Å². The Hall–Kier alpha value is -5.10. The van der Waals surface area contributed by atoms with Gasteiger partial charge in [-0.2, -0.15) is 4.98 Å². The molecule has 0 atom stereocenters. The molecule has 1 amide bonds. The van der Waals surface area contributed by atoms with Crippen molar-refractivity contribution >= 4 is 6.09 Å². The minimum Gasteiger partial charge on any atom is -0.473 e. The minimum atomic E-state index is -0.337. The van der Waals surface area contributed by atoms with Crippen LogP contribution in [0.3, 0.4) is 0 Å². The first kappa shape index (κ1) is 28.4. The summed E-state index contributed by atoms with van der Waals surface area (Å²) < 4.78 is 17.6. The van der Waals surface area contributed by atoms with Crippen LogP contribution in [0.15, 0.2) is 127 Å². The molecule has 6 nitrogen and oxygen atoms in total. The van der Waals surface area contributed by atoms with Gasteiger partial charge in [-0.25, -0.2) is 4.79 Å². The molecule has 0 aliphatic rings. The Balaban J connectivity index is 1.23. The van der Waals surface area contributed by atoms with Crippen molar-refractivity contribution in [3.63, 3.8) is 0 Å². The van der Waals surface area contributed by atoms with E-state index < -0.39 is 0 Å². The van der Waals surface area contributed by atoms with Gasteiger partial charge >= 0.3 is 6.09 Å². The molecule has 0 aliphatic heterocycles. The minimum absolute atomic E-state index is 0.261. The summed E-state index contributed by atoms with van der Waals surface area (Å²) >= 11 is 0. The van der Waals surface area contributed by atoms with E-state index in [-0.39, 0.29) is 12.7 Å². The average molecular weight is 559 g/mol. The fraction of sp³-hybridized carbons (Fsp3) is 0.167. The number of pyridine rings is 1. The second kappa shape index (κ2) is 14.5. The Bertz CT molecular complexity index is 1540. The van der Waals surface area contributed by atoms with E-state index in [4.69, 9.17) is 19.2 Å². The van der Waals surface area contributed by atoms with Gasteiger partial charge in [0.05, 0.1) is 0 Å². The molecule has 42 heavy (non-hydrogen) atoms. The van der Waals surface area contributed by atoms with Gasteiger partial charge in [-0.05, 0) is 40.3 Å². The first-order valence-electron chi connectivity index (χ1n) is 14.0. The first-order valence-corrected chi connectivity index (χ1v) is 14.0. The van der Waals surface area contributed by atoms with E-state index in [1.165, 1.54) is 0 Å². The lowest BCUT2D eigenvalue weighted by Gasteiger charge is -2.17. The molecular weight excluding hydrogens is 524 g/mol. The SMILES string of the molecule is CN(CCc1ccc(-c2ccc(OCc3ccccc3)nc2OCc2ccccc2)cc1)C(=O)OCc1ccccc1. The molecule has 212 valence electrons. The topological polar surface area (TPSA) is 60.9 Å². The summed E-state index contributed by atoms with van der Waals surface area (Å²) in [5.74, 6) is 1.02. The van der Waals surface area contributed by atoms with Gasteiger partial charge < -0.3 is 19.1 Å². The molecule has 0 saturated heterocycles. The predicted octanol–water partition coefficient (Wildman–Crippen LogP) is 7.72. The number of benzene rings is 4. The number of carbonyl (C=O) groups is 1. The number of ether oxygens (including phenoxy) is 3. The zero-order chi connectivity index (χ0) is 29.0. The van der Waals surface area contributed by atoms with Gasteiger partial charge in [0.2, 0.25) is 11.8 Å². The van der Waals surface area contributed by atoms with E-state index in [0.717, 1.165) is 33.4 Å². The molecule has 0 unspecified atom stereocenters. The van der Waals surface area contributed by atoms with Gasteiger partial charge in [0, 0.05) is 25.2 Å². The largest absolute Gasteiger partial charge is 0.473 e. The van der Waals surface area contributed by atoms with Crippen LogP contribution < -0.4 is 9.47 Å². The highest BCUT2D eigenvalue weighted by atomic mass is 16.6. The molecule has 0 bridgehead atoms. The third-order valence-electron chi connectivity index (χ3n) is 6.80. The molecule has 5 aromatic rings. The van der Waals surface area contributed by atoms with Crippen molar-refractivity contribution in [2.45, 2.75) is 26.2 Å². The summed E-state index contributed by atoms with van der Waals surface area (Å²) in [5.41, 5.74) is 6.07. The highest BCUT2D eigenvalue weighted by molar-refractivity contribution is 5.69. The maximum atomic E-state index is 12.4. The van der Waals surface area contributed by atoms with Gasteiger partial charge in [-0.15, -0.1) is 0 Å². The second-order valence-electron chi connectivity index (χ2n) is 9.96. The molecule has 4 aromatic carbocycles. The lowest BCUT2D eigenvalue weighted by atomic mass is 10.0. The summed E-state index contributed by atoms with van der Waals surface area (Å²) in [6.45, 7) is 1.63. The van der Waals surface area contributed by atoms with Crippen LogP contribution in [-0.2, 0) is 31.0 Å². The average Bonchev–Trinajstić information content (AvgIpc) is 3.06. The van der Waals surface area contributed by atoms with E-state index in [0.29, 0.717) is 37.9 Å². The fourth-order valence-electron chi connectivity index (χ4n) is 4.36. The van der Waals surface area contributed by atoms with Crippen molar-refractivity contribution < 1.29 is 19.0 Å². The van der Waals surface area contributed by atoms with Crippen LogP contribution in [0.25, 0.3) is 11.1 Å². The van der Waals surface area contributed by atoms with Crippen molar-refractivity contribution in [2.24, 2.45) is 0 Å². The molecular formula is C36H34N2O4. The van der Waals surface area contributed by atoms with Crippen LogP contribution in [-0.4, -0.2) is 29.6 Å². The van der Waals surface area contributed by atoms with Crippen molar-refractivity contribution in [3.05, 3.63) is 150 Å². The van der Waals surface area contributed by atoms with Gasteiger partial charge in [-0.1, -0.05) is 115 Å². The van der Waals surface area contributed by atoms with Crippen molar-refractivity contribution in [2.75, 3.05) is 13.6 Å². The van der Waals surface area contributed by atoms with Crippen LogP contribution in [0.2, 0.25) is 0 Å². The van der Waals surface area contributed by atoms with E-state index in [1.54, 1.807) is 11.9 Å². The van der Waals surface area contributed by atoms with E-state index in [2.05, 4.69) is 24.3 Å². The van der Waals surface area contributed by atoms with Gasteiger partial charge in [-0.3, -0.25) is 0 Å². The molecule has 1 aromatic heterocycles. The number of carbonyl (C=O) groups excluding carboxylic acids is 1. The fourth-order valence-corrected chi connectivity index (χ4v) is 4.36. The summed E-state index contributed by atoms with van der Waals surface area (Å²) in [5, 5.41) is 0. The summed E-state index contributed by atoms with van der Waals surface area (Å²) in [4.78, 5) is 18.7. The Labute approximate surface area is 247 Å². The smallest absolute Gasteiger partial charge is 0.409 e. The van der Waals surface area contributed by atoms with E-state index >= 15 is 0 Å². The number of hydrogen-bond acceptors (Lipinski definition) is 5. The molecule has 6 heteroatoms. The van der Waals surface area contributed by atoms with Crippen molar-refractivity contribution in [1.29, 1.82) is 0 Å². The standard InChI is InChI=1S/C36H34N2O4/c1-38(36(39)42-27-31-15-9-4-10-16-31)24-23-28-17-19-32(20-18-28)33-21-22-34(40-25-29-11-5-2-6-12-29)37-35(33)41-26-30-13-7-3-8-14-30/h2-22H,23-27H2,1H3. The van der Waals surface area contributed by atoms with Crippen molar-refractivity contribution in [1.82, 2.24) is 9.88 Å². The highest BCUT2D eigenvalue weighted by Crippen LogP contribution is 2.31. The molecule has 0 aliphatic carbocycles. The monoisotopic (exact) mass is 558 g/mol. The molecule has 0 radical (unpaired) electrons. The summed E-state index contributed by atoms with van der Waals surface area (Å²) in [7, 11) is 1.76. The highest BCUT2D eigenvalue weighted by Gasteiger charge is 2.13. The van der Waals surface area contributed by atoms with E-state index in [1.807, 2.05) is 103 Å². The third-order valence-corrected chi connectivity index (χ3v) is 6.80. The number of amides is 1. The lowest BCUT2D eigenvalue weighted by Crippen LogP contribution is -2.29. The van der Waals surface area contributed by atoms with Gasteiger partial charge in [0.15, 0.2) is 0 Å². The van der Waals surface area contributed by atoms with Crippen LogP contribution in [0, 0.1) is 0 Å². The van der Waals surface area contributed by atoms with Gasteiger partial charge in [0.25, 0.3) is 0 Å². The third kappa shape index (κ3) is 8.21. The first-order chi connectivity index (χ1) is 20.6. The Morgan fingerprint density at radius 3 is 1.76 bits per heavy atom. The van der Waals surface area contributed by atoms with E-state index in [9.17, 15) is 4.79 Å². The van der Waals surface area contributed by atoms with Crippen LogP contribution in [0.5, 0.6) is 11.8 Å². The Morgan fingerprint density at radius 1 is 0.619 bits per heavy atom. The zero-order valence-corrected chi connectivity index (χ0v) is 23.7. The molecule has 0 N–H and O–H groups in total. The molecule has 5 rings (SSSR count). The van der Waals surface area contributed by atoms with Crippen LogP contribution in [0.4, 0.5) is 4.79 Å². The maximum Gasteiger partial charge on any atom is 0.409 e. The lowest BCUT2D eigenvalue weighted by molar-refractivity contribution is 0.105. The predicted molar refractivity (Wildman–Crippen MR) is 164 cm³/mol. The summed E-state index contributed by atoms with van der Waals surface area (Å²) in [6.07, 6.45) is 0.371. The zero-order valence-electron chi connectivity index (χ0n) is 23.7. The quantitative estimate of drug-likeness (QED) is 0.157. The number of nitrogens with zero attached hydrogens (tertiary/aromatic N) is 2. The number of aromatic nitrogens is 1. The molecule has 0 saturated carbocycles. The molecule has 0 fully saturated rings. The number of rotatable bonds is 12. The van der Waals surface area contributed by atoms with Crippen LogP contribution in [0.1, 0.15) is 22.3 Å². The normalized spacial score (nSPS) is 10.6. The van der Waals surface area contributed by atoms with Gasteiger partial charge in [0.1, 0.15) is 19.8 Å². The molecule has 1 heterocycles. The maximum absolute atomic E-state index is 12.4. The molecule has 0 spiro atoms. The summed E-state index contributed by atoms with van der Waals surface area (Å²) in [6, 6.07) is 41.8. The number of likely N-dealkylation sites (N-methyl/N-ethyl adjacent to an activating group) is 1.